The summed E-state index contributed by atoms with van der Waals surface area (Å²) >= 11 is 0. The number of hydrogen-bond donors (Lipinski definition) is 2. The predicted molar refractivity (Wildman–Crippen MR) is 133 cm³/mol. The summed E-state index contributed by atoms with van der Waals surface area (Å²) in [5, 5.41) is 11.3. The molecule has 7 nitrogen and oxygen atoms in total. The van der Waals surface area contributed by atoms with Crippen LogP contribution in [0.25, 0.3) is 0 Å². The Balaban J connectivity index is 0.00000341. The van der Waals surface area contributed by atoms with E-state index < -0.39 is 0 Å². The van der Waals surface area contributed by atoms with Crippen LogP contribution in [0.2, 0.25) is 0 Å². The molecule has 1 aromatic heterocycles. The standard InChI is InChI=1S/C22H33FN6O.HI/c1-17-15-18(2)29(27-17)10-4-9-25-22(24-3)26-16-21(28-11-13-30-14-12-28)19-5-7-20(23)8-6-19;/h5-8,15,21H,4,9-14,16H2,1-3H3,(H2,24,25,26);1H. The minimum Gasteiger partial charge on any atom is -0.379 e. The van der Waals surface area contributed by atoms with Crippen molar-refractivity contribution in [1.82, 2.24) is 25.3 Å². The molecule has 3 rings (SSSR count). The van der Waals surface area contributed by atoms with Gasteiger partial charge in [-0.05, 0) is 44.0 Å². The molecule has 0 radical (unpaired) electrons. The lowest BCUT2D eigenvalue weighted by Gasteiger charge is -2.35. The molecule has 31 heavy (non-hydrogen) atoms. The Morgan fingerprint density at radius 2 is 1.90 bits per heavy atom. The maximum Gasteiger partial charge on any atom is 0.191 e. The Morgan fingerprint density at radius 1 is 1.19 bits per heavy atom. The van der Waals surface area contributed by atoms with Crippen molar-refractivity contribution in [1.29, 1.82) is 0 Å². The van der Waals surface area contributed by atoms with E-state index in [1.165, 1.54) is 17.8 Å². The van der Waals surface area contributed by atoms with Crippen molar-refractivity contribution in [3.8, 4) is 0 Å². The molecule has 172 valence electrons. The molecule has 1 unspecified atom stereocenters. The maximum atomic E-state index is 13.4. The highest BCUT2D eigenvalue weighted by molar-refractivity contribution is 14.0. The third-order valence-corrected chi connectivity index (χ3v) is 5.37. The molecule has 2 aromatic rings. The lowest BCUT2D eigenvalue weighted by molar-refractivity contribution is 0.0170. The zero-order valence-electron chi connectivity index (χ0n) is 18.6. The molecular weight excluding hydrogens is 510 g/mol. The van der Waals surface area contributed by atoms with E-state index in [2.05, 4.69) is 38.6 Å². The number of aryl methyl sites for hydroxylation is 3. The maximum absolute atomic E-state index is 13.4. The van der Waals surface area contributed by atoms with Gasteiger partial charge in [0, 0.05) is 45.5 Å². The number of benzene rings is 1. The topological polar surface area (TPSA) is 66.7 Å². The van der Waals surface area contributed by atoms with Crippen LogP contribution in [-0.2, 0) is 11.3 Å². The molecular formula is C22H34FIN6O. The fraction of sp³-hybridized carbons (Fsp3) is 0.545. The van der Waals surface area contributed by atoms with Crippen molar-refractivity contribution in [2.45, 2.75) is 32.9 Å². The summed E-state index contributed by atoms with van der Waals surface area (Å²) in [7, 11) is 1.78. The number of morpholine rings is 1. The number of rotatable bonds is 8. The summed E-state index contributed by atoms with van der Waals surface area (Å²) in [4.78, 5) is 6.72. The average Bonchev–Trinajstić information content (AvgIpc) is 3.08. The highest BCUT2D eigenvalue weighted by Crippen LogP contribution is 2.21. The van der Waals surface area contributed by atoms with Gasteiger partial charge in [-0.2, -0.15) is 5.10 Å². The second-order valence-electron chi connectivity index (χ2n) is 7.60. The second kappa shape index (κ2) is 13.0. The fourth-order valence-corrected chi connectivity index (χ4v) is 3.78. The van der Waals surface area contributed by atoms with Gasteiger partial charge < -0.3 is 15.4 Å². The first-order chi connectivity index (χ1) is 14.6. The van der Waals surface area contributed by atoms with Crippen molar-refractivity contribution in [3.05, 3.63) is 53.1 Å². The molecule has 1 aromatic carbocycles. The molecule has 0 saturated carbocycles. The number of hydrogen-bond acceptors (Lipinski definition) is 4. The first-order valence-electron chi connectivity index (χ1n) is 10.6. The number of aliphatic imine (C=N–C) groups is 1. The van der Waals surface area contributed by atoms with Crippen molar-refractivity contribution >= 4 is 29.9 Å². The van der Waals surface area contributed by atoms with E-state index in [9.17, 15) is 4.39 Å². The zero-order chi connectivity index (χ0) is 21.3. The van der Waals surface area contributed by atoms with Crippen LogP contribution in [0.5, 0.6) is 0 Å². The predicted octanol–water partition coefficient (Wildman–Crippen LogP) is 2.89. The summed E-state index contributed by atoms with van der Waals surface area (Å²) in [6, 6.07) is 8.99. The largest absolute Gasteiger partial charge is 0.379 e. The van der Waals surface area contributed by atoms with E-state index in [-0.39, 0.29) is 35.8 Å². The molecule has 2 N–H and O–H groups in total. The number of nitrogens with zero attached hydrogens (tertiary/aromatic N) is 4. The summed E-state index contributed by atoms with van der Waals surface area (Å²) in [6.45, 7) is 9.61. The van der Waals surface area contributed by atoms with E-state index in [0.29, 0.717) is 6.54 Å². The summed E-state index contributed by atoms with van der Waals surface area (Å²) < 4.78 is 20.9. The van der Waals surface area contributed by atoms with Gasteiger partial charge in [0.25, 0.3) is 0 Å². The van der Waals surface area contributed by atoms with Crippen LogP contribution < -0.4 is 10.6 Å². The van der Waals surface area contributed by atoms with E-state index in [1.54, 1.807) is 7.05 Å². The molecule has 1 atom stereocenters. The van der Waals surface area contributed by atoms with E-state index in [0.717, 1.165) is 63.0 Å². The number of ether oxygens (including phenoxy) is 1. The van der Waals surface area contributed by atoms with Crippen LogP contribution in [0.3, 0.4) is 0 Å². The molecule has 1 aliphatic heterocycles. The molecule has 1 saturated heterocycles. The molecule has 1 aliphatic rings. The summed E-state index contributed by atoms with van der Waals surface area (Å²) in [6.07, 6.45) is 0.952. The fourth-order valence-electron chi connectivity index (χ4n) is 3.78. The van der Waals surface area contributed by atoms with Gasteiger partial charge in [-0.3, -0.25) is 14.6 Å². The van der Waals surface area contributed by atoms with Gasteiger partial charge in [-0.25, -0.2) is 4.39 Å². The van der Waals surface area contributed by atoms with Gasteiger partial charge in [-0.1, -0.05) is 12.1 Å². The minimum atomic E-state index is -0.215. The van der Waals surface area contributed by atoms with Crippen LogP contribution in [0.4, 0.5) is 4.39 Å². The normalized spacial score (nSPS) is 15.9. The minimum absolute atomic E-state index is 0. The lowest BCUT2D eigenvalue weighted by atomic mass is 10.0. The molecule has 0 bridgehead atoms. The second-order valence-corrected chi connectivity index (χ2v) is 7.60. The first-order valence-corrected chi connectivity index (χ1v) is 10.6. The third kappa shape index (κ3) is 7.73. The van der Waals surface area contributed by atoms with Gasteiger partial charge in [0.15, 0.2) is 5.96 Å². The van der Waals surface area contributed by atoms with Crippen LogP contribution in [0.1, 0.15) is 29.4 Å². The number of guanidine groups is 1. The van der Waals surface area contributed by atoms with Crippen LogP contribution in [-0.4, -0.2) is 67.1 Å². The Hall–Kier alpha value is -1.72. The lowest BCUT2D eigenvalue weighted by Crippen LogP contribution is -2.46. The van der Waals surface area contributed by atoms with Crippen molar-refractivity contribution in [2.75, 3.05) is 46.4 Å². The van der Waals surface area contributed by atoms with Gasteiger partial charge in [0.2, 0.25) is 0 Å². The number of halogens is 2. The van der Waals surface area contributed by atoms with Gasteiger partial charge in [-0.15, -0.1) is 24.0 Å². The Kier molecular flexibility index (Phi) is 10.7. The van der Waals surface area contributed by atoms with E-state index >= 15 is 0 Å². The van der Waals surface area contributed by atoms with Crippen LogP contribution in [0, 0.1) is 19.7 Å². The monoisotopic (exact) mass is 544 g/mol. The van der Waals surface area contributed by atoms with E-state index in [1.807, 2.05) is 23.7 Å². The Labute approximate surface area is 201 Å². The quantitative estimate of drug-likeness (QED) is 0.232. The third-order valence-electron chi connectivity index (χ3n) is 5.37. The van der Waals surface area contributed by atoms with Crippen LogP contribution >= 0.6 is 24.0 Å². The Morgan fingerprint density at radius 3 is 2.52 bits per heavy atom. The summed E-state index contributed by atoms with van der Waals surface area (Å²) in [5.41, 5.74) is 3.32. The van der Waals surface area contributed by atoms with E-state index in [4.69, 9.17) is 4.74 Å². The smallest absolute Gasteiger partial charge is 0.191 e. The summed E-state index contributed by atoms with van der Waals surface area (Å²) in [5.74, 6) is 0.552. The highest BCUT2D eigenvalue weighted by Gasteiger charge is 2.23. The van der Waals surface area contributed by atoms with Gasteiger partial charge in [0.1, 0.15) is 5.82 Å². The molecule has 0 aliphatic carbocycles. The van der Waals surface area contributed by atoms with Gasteiger partial charge in [0.05, 0.1) is 24.9 Å². The van der Waals surface area contributed by atoms with Crippen molar-refractivity contribution < 1.29 is 9.13 Å². The molecule has 1 fully saturated rings. The zero-order valence-corrected chi connectivity index (χ0v) is 20.9. The molecule has 0 spiro atoms. The molecule has 9 heteroatoms. The Bertz CT molecular complexity index is 820. The average molecular weight is 544 g/mol. The van der Waals surface area contributed by atoms with Crippen molar-refractivity contribution in [3.63, 3.8) is 0 Å². The molecule has 2 heterocycles. The SMILES string of the molecule is CN=C(NCCCn1nc(C)cc1C)NCC(c1ccc(F)cc1)N1CCOCC1.I. The van der Waals surface area contributed by atoms with Crippen LogP contribution in [0.15, 0.2) is 35.3 Å². The number of aromatic nitrogens is 2. The molecule has 0 amide bonds. The van der Waals surface area contributed by atoms with Crippen molar-refractivity contribution in [2.24, 2.45) is 4.99 Å². The first kappa shape index (κ1) is 25.5. The number of nitrogens with one attached hydrogen (secondary N) is 2. The van der Waals surface area contributed by atoms with Gasteiger partial charge >= 0.3 is 0 Å². The highest BCUT2D eigenvalue weighted by atomic mass is 127.